The average Bonchev–Trinajstić information content (AvgIpc) is 2.80. The second-order valence-electron chi connectivity index (χ2n) is 5.26. The normalized spacial score (nSPS) is 13.4. The van der Waals surface area contributed by atoms with Crippen LogP contribution >= 0.6 is 11.8 Å². The van der Waals surface area contributed by atoms with Gasteiger partial charge in [0.25, 0.3) is 0 Å². The van der Waals surface area contributed by atoms with E-state index in [4.69, 9.17) is 5.73 Å². The molecule has 0 saturated heterocycles. The molecule has 0 unspecified atom stereocenters. The van der Waals surface area contributed by atoms with E-state index < -0.39 is 22.9 Å². The van der Waals surface area contributed by atoms with Crippen molar-refractivity contribution in [2.24, 2.45) is 5.73 Å². The summed E-state index contributed by atoms with van der Waals surface area (Å²) >= 11 is 1.16. The number of primary amides is 1. The molecule has 0 spiro atoms. The first kappa shape index (κ1) is 17.7. The first-order valence-corrected chi connectivity index (χ1v) is 8.15. The van der Waals surface area contributed by atoms with Crippen molar-refractivity contribution in [3.05, 3.63) is 23.8 Å². The molecule has 0 radical (unpaired) electrons. The van der Waals surface area contributed by atoms with Gasteiger partial charge in [-0.2, -0.15) is 13.2 Å². The molecule has 0 saturated carbocycles. The molecule has 0 aliphatic carbocycles. The number of nitrogens with zero attached hydrogens (tertiary/aromatic N) is 2. The largest absolute Gasteiger partial charge is 0.416 e. The third-order valence-corrected chi connectivity index (χ3v) is 4.57. The number of unbranched alkanes of at least 4 members (excludes halogenated alkanes) is 1. The molecule has 1 aromatic heterocycles. The molecule has 2 N–H and O–H groups in total. The Morgan fingerprint density at radius 2 is 2.13 bits per heavy atom. The van der Waals surface area contributed by atoms with Gasteiger partial charge in [0, 0.05) is 6.54 Å². The number of amides is 1. The Hall–Kier alpha value is -1.70. The lowest BCUT2D eigenvalue weighted by Gasteiger charge is -2.11. The van der Waals surface area contributed by atoms with E-state index in [2.05, 4.69) is 4.98 Å². The minimum atomic E-state index is -4.41. The van der Waals surface area contributed by atoms with Gasteiger partial charge in [0.1, 0.15) is 0 Å². The molecule has 1 amide bonds. The summed E-state index contributed by atoms with van der Waals surface area (Å²) in [5.41, 5.74) is 5.44. The number of rotatable bonds is 6. The van der Waals surface area contributed by atoms with Gasteiger partial charge < -0.3 is 10.3 Å². The molecule has 1 heterocycles. The van der Waals surface area contributed by atoms with Crippen molar-refractivity contribution in [1.82, 2.24) is 9.55 Å². The van der Waals surface area contributed by atoms with Crippen LogP contribution in [0.5, 0.6) is 0 Å². The summed E-state index contributed by atoms with van der Waals surface area (Å²) in [7, 11) is 0. The van der Waals surface area contributed by atoms with Gasteiger partial charge in [-0.15, -0.1) is 0 Å². The van der Waals surface area contributed by atoms with E-state index in [0.29, 0.717) is 17.2 Å². The molecule has 2 rings (SSSR count). The third kappa shape index (κ3) is 3.99. The van der Waals surface area contributed by atoms with Crippen molar-refractivity contribution in [2.45, 2.75) is 49.8 Å². The number of aromatic nitrogens is 2. The number of halogens is 3. The van der Waals surface area contributed by atoms with Gasteiger partial charge in [0.05, 0.1) is 21.8 Å². The van der Waals surface area contributed by atoms with Crippen LogP contribution in [0.15, 0.2) is 23.4 Å². The first-order valence-electron chi connectivity index (χ1n) is 7.27. The maximum atomic E-state index is 12.8. The molecule has 23 heavy (non-hydrogen) atoms. The lowest BCUT2D eigenvalue weighted by molar-refractivity contribution is -0.137. The zero-order valence-corrected chi connectivity index (χ0v) is 13.7. The monoisotopic (exact) mass is 345 g/mol. The van der Waals surface area contributed by atoms with E-state index in [-0.39, 0.29) is 5.52 Å². The molecule has 126 valence electrons. The van der Waals surface area contributed by atoms with Crippen molar-refractivity contribution in [2.75, 3.05) is 0 Å². The Bertz CT molecular complexity index is 712. The Morgan fingerprint density at radius 3 is 2.70 bits per heavy atom. The van der Waals surface area contributed by atoms with Crippen LogP contribution in [-0.2, 0) is 17.5 Å². The van der Waals surface area contributed by atoms with Crippen LogP contribution in [-0.4, -0.2) is 20.7 Å². The summed E-state index contributed by atoms with van der Waals surface area (Å²) in [5.74, 6) is -0.486. The molecule has 2 aromatic rings. The Morgan fingerprint density at radius 1 is 1.43 bits per heavy atom. The molecular weight excluding hydrogens is 327 g/mol. The quantitative estimate of drug-likeness (QED) is 0.810. The fourth-order valence-electron chi connectivity index (χ4n) is 2.12. The summed E-state index contributed by atoms with van der Waals surface area (Å²) in [6.07, 6.45) is -2.60. The van der Waals surface area contributed by atoms with Gasteiger partial charge in [0.15, 0.2) is 5.16 Å². The molecule has 0 aliphatic rings. The van der Waals surface area contributed by atoms with E-state index in [1.54, 1.807) is 6.92 Å². The number of imidazole rings is 1. The molecule has 8 heteroatoms. The Labute approximate surface area is 136 Å². The lowest BCUT2D eigenvalue weighted by atomic mass is 10.2. The molecule has 0 bridgehead atoms. The highest BCUT2D eigenvalue weighted by molar-refractivity contribution is 8.00. The average molecular weight is 345 g/mol. The number of alkyl halides is 3. The van der Waals surface area contributed by atoms with Gasteiger partial charge in [-0.25, -0.2) is 4.98 Å². The SMILES string of the molecule is CCCCn1c(S[C@H](C)C(N)=O)nc2cc(C(F)(F)F)ccc21. The number of benzene rings is 1. The van der Waals surface area contributed by atoms with Gasteiger partial charge in [-0.05, 0) is 31.5 Å². The van der Waals surface area contributed by atoms with Crippen molar-refractivity contribution in [1.29, 1.82) is 0 Å². The number of hydrogen-bond acceptors (Lipinski definition) is 3. The predicted octanol–water partition coefficient (Wildman–Crippen LogP) is 3.82. The summed E-state index contributed by atoms with van der Waals surface area (Å²) in [5, 5.41) is 0.00773. The van der Waals surface area contributed by atoms with E-state index in [9.17, 15) is 18.0 Å². The first-order chi connectivity index (χ1) is 10.7. The molecule has 1 atom stereocenters. The minimum Gasteiger partial charge on any atom is -0.369 e. The van der Waals surface area contributed by atoms with Crippen molar-refractivity contribution < 1.29 is 18.0 Å². The molecule has 4 nitrogen and oxygen atoms in total. The van der Waals surface area contributed by atoms with Crippen LogP contribution in [0.4, 0.5) is 13.2 Å². The van der Waals surface area contributed by atoms with Crippen LogP contribution in [0.3, 0.4) is 0 Å². The van der Waals surface area contributed by atoms with E-state index in [1.165, 1.54) is 6.07 Å². The maximum absolute atomic E-state index is 12.8. The number of carbonyl (C=O) groups is 1. The summed E-state index contributed by atoms with van der Waals surface area (Å²) < 4.78 is 40.4. The van der Waals surface area contributed by atoms with E-state index in [0.717, 1.165) is 36.7 Å². The molecule has 0 aliphatic heterocycles. The van der Waals surface area contributed by atoms with Crippen molar-refractivity contribution in [3.8, 4) is 0 Å². The van der Waals surface area contributed by atoms with Crippen LogP contribution in [0, 0.1) is 0 Å². The second kappa shape index (κ2) is 6.82. The molecule has 1 aromatic carbocycles. The number of thioether (sulfide) groups is 1. The van der Waals surface area contributed by atoms with E-state index in [1.807, 2.05) is 11.5 Å². The van der Waals surface area contributed by atoms with Gasteiger partial charge in [0.2, 0.25) is 5.91 Å². The fourth-order valence-corrected chi connectivity index (χ4v) is 3.02. The summed E-state index contributed by atoms with van der Waals surface area (Å²) in [4.78, 5) is 15.5. The highest BCUT2D eigenvalue weighted by Crippen LogP contribution is 2.33. The van der Waals surface area contributed by atoms with Crippen LogP contribution in [0.1, 0.15) is 32.3 Å². The van der Waals surface area contributed by atoms with Gasteiger partial charge in [-0.3, -0.25) is 4.79 Å². The third-order valence-electron chi connectivity index (χ3n) is 3.46. The topological polar surface area (TPSA) is 60.9 Å². The molecule has 0 fully saturated rings. The fraction of sp³-hybridized carbons (Fsp3) is 0.467. The number of hydrogen-bond donors (Lipinski definition) is 1. The minimum absolute atomic E-state index is 0.273. The van der Waals surface area contributed by atoms with Crippen LogP contribution in [0.25, 0.3) is 11.0 Å². The Balaban J connectivity index is 2.49. The second-order valence-corrected chi connectivity index (χ2v) is 6.57. The number of carbonyl (C=O) groups excluding carboxylic acids is 1. The van der Waals surface area contributed by atoms with Crippen molar-refractivity contribution in [3.63, 3.8) is 0 Å². The predicted molar refractivity (Wildman–Crippen MR) is 84.2 cm³/mol. The lowest BCUT2D eigenvalue weighted by Crippen LogP contribution is -2.23. The van der Waals surface area contributed by atoms with E-state index >= 15 is 0 Å². The molecular formula is C15H18F3N3OS. The van der Waals surface area contributed by atoms with Crippen LogP contribution in [0.2, 0.25) is 0 Å². The standard InChI is InChI=1S/C15H18F3N3OS/c1-3-4-7-21-12-6-5-10(15(16,17)18)8-11(12)20-14(21)23-9(2)13(19)22/h5-6,8-9H,3-4,7H2,1-2H3,(H2,19,22)/t9-/m1/s1. The number of fused-ring (bicyclic) bond motifs is 1. The zero-order valence-electron chi connectivity index (χ0n) is 12.9. The van der Waals surface area contributed by atoms with Crippen LogP contribution < -0.4 is 5.73 Å². The zero-order chi connectivity index (χ0) is 17.2. The van der Waals surface area contributed by atoms with Crippen molar-refractivity contribution >= 4 is 28.7 Å². The smallest absolute Gasteiger partial charge is 0.369 e. The van der Waals surface area contributed by atoms with Gasteiger partial charge in [-0.1, -0.05) is 25.1 Å². The maximum Gasteiger partial charge on any atom is 0.416 e. The number of aryl methyl sites for hydroxylation is 1. The summed E-state index contributed by atoms with van der Waals surface area (Å²) in [6.45, 7) is 4.31. The van der Waals surface area contributed by atoms with Gasteiger partial charge >= 0.3 is 6.18 Å². The highest BCUT2D eigenvalue weighted by Gasteiger charge is 2.31. The summed E-state index contributed by atoms with van der Waals surface area (Å²) in [6, 6.07) is 3.52. The Kier molecular flexibility index (Phi) is 5.23. The number of nitrogens with two attached hydrogens (primary N) is 1. The highest BCUT2D eigenvalue weighted by atomic mass is 32.2.